The summed E-state index contributed by atoms with van der Waals surface area (Å²) in [5.41, 5.74) is 8.24. The topological polar surface area (TPSA) is 113 Å². The molecule has 0 spiro atoms. The maximum atomic E-state index is 13.3. The number of anilines is 1. The smallest absolute Gasteiger partial charge is 0.252 e. The van der Waals surface area contributed by atoms with Crippen LogP contribution < -0.4 is 11.1 Å². The van der Waals surface area contributed by atoms with Gasteiger partial charge in [-0.05, 0) is 42.5 Å². The van der Waals surface area contributed by atoms with Crippen molar-refractivity contribution in [3.8, 4) is 0 Å². The molecule has 0 radical (unpaired) electrons. The molecule has 0 aliphatic carbocycles. The molecule has 3 aromatic rings. The third-order valence-electron chi connectivity index (χ3n) is 6.77. The number of nitrogens with one attached hydrogen (secondary N) is 1. The number of hydrogen-bond acceptors (Lipinski definition) is 7. The molecule has 8 nitrogen and oxygen atoms in total. The molecule has 2 amide bonds. The van der Waals surface area contributed by atoms with E-state index in [1.54, 1.807) is 6.07 Å². The number of fused-ring (bicyclic) bond motifs is 1. The molecule has 1 saturated heterocycles. The molecule has 0 saturated carbocycles. The van der Waals surface area contributed by atoms with E-state index >= 15 is 0 Å². The minimum absolute atomic E-state index is 0.0749. The van der Waals surface area contributed by atoms with Crippen LogP contribution in [0.25, 0.3) is 0 Å². The van der Waals surface area contributed by atoms with Crippen LogP contribution in [0.4, 0.5) is 5.00 Å². The lowest BCUT2D eigenvalue weighted by atomic mass is 9.98. The quantitative estimate of drug-likeness (QED) is 0.437. The minimum atomic E-state index is -3.73. The second-order valence-corrected chi connectivity index (χ2v) is 14.3. The van der Waals surface area contributed by atoms with Crippen molar-refractivity contribution in [3.63, 3.8) is 0 Å². The largest absolute Gasteiger partial charge is 0.365 e. The number of thiophene rings is 2. The first kappa shape index (κ1) is 26.3. The molecular formula is C25H27ClN4O4S3. The van der Waals surface area contributed by atoms with Crippen molar-refractivity contribution in [2.24, 2.45) is 11.7 Å². The Morgan fingerprint density at radius 2 is 1.89 bits per heavy atom. The standard InChI is InChI=1S/C25H27ClN4O4S3/c26-20-8-9-21(36-20)37(33,34)30-11-4-7-17(14-30)24(32)28-25-22(23(27)31)18-10-12-29(15-19(18)35-25)13-16-5-2-1-3-6-16/h1-3,5-6,8-9,17H,4,7,10-15H2,(H2,27,31)(H,28,32). The molecule has 3 N–H and O–H groups in total. The number of primary amides is 1. The Morgan fingerprint density at radius 3 is 2.59 bits per heavy atom. The predicted octanol–water partition coefficient (Wildman–Crippen LogP) is 4.16. The molecule has 1 unspecified atom stereocenters. The lowest BCUT2D eigenvalue weighted by Crippen LogP contribution is -2.43. The molecule has 1 fully saturated rings. The number of rotatable bonds is 7. The molecule has 1 aromatic carbocycles. The Kier molecular flexibility index (Phi) is 7.71. The number of amides is 2. The number of nitrogens with zero attached hydrogens (tertiary/aromatic N) is 2. The number of halogens is 1. The number of carbonyl (C=O) groups excluding carboxylic acids is 2. The second kappa shape index (κ2) is 10.8. The zero-order valence-corrected chi connectivity index (χ0v) is 23.2. The first-order valence-corrected chi connectivity index (χ1v) is 15.4. The summed E-state index contributed by atoms with van der Waals surface area (Å²) < 4.78 is 28.0. The highest BCUT2D eigenvalue weighted by atomic mass is 35.5. The number of nitrogens with two attached hydrogens (primary N) is 1. The van der Waals surface area contributed by atoms with E-state index in [4.69, 9.17) is 17.3 Å². The van der Waals surface area contributed by atoms with Gasteiger partial charge in [0.2, 0.25) is 5.91 Å². The van der Waals surface area contributed by atoms with Gasteiger partial charge in [-0.3, -0.25) is 14.5 Å². The van der Waals surface area contributed by atoms with Gasteiger partial charge in [-0.25, -0.2) is 8.42 Å². The van der Waals surface area contributed by atoms with Gasteiger partial charge in [0.15, 0.2) is 0 Å². The molecule has 12 heteroatoms. The van der Waals surface area contributed by atoms with Gasteiger partial charge in [-0.1, -0.05) is 41.9 Å². The molecule has 4 heterocycles. The SMILES string of the molecule is NC(=O)c1c(NC(=O)C2CCCN(S(=O)(=O)c3ccc(Cl)s3)C2)sc2c1CCN(Cc1ccccc1)C2. The molecule has 37 heavy (non-hydrogen) atoms. The predicted molar refractivity (Wildman–Crippen MR) is 147 cm³/mol. The van der Waals surface area contributed by atoms with E-state index < -0.39 is 21.8 Å². The van der Waals surface area contributed by atoms with Crippen molar-refractivity contribution in [1.82, 2.24) is 9.21 Å². The van der Waals surface area contributed by atoms with Crippen LogP contribution in [0.3, 0.4) is 0 Å². The Balaban J connectivity index is 1.30. The lowest BCUT2D eigenvalue weighted by molar-refractivity contribution is -0.120. The van der Waals surface area contributed by atoms with Gasteiger partial charge in [0.05, 0.1) is 15.8 Å². The van der Waals surface area contributed by atoms with Crippen molar-refractivity contribution >= 4 is 61.1 Å². The van der Waals surface area contributed by atoms with Crippen molar-refractivity contribution in [1.29, 1.82) is 0 Å². The van der Waals surface area contributed by atoms with Gasteiger partial charge in [0.25, 0.3) is 15.9 Å². The number of sulfonamides is 1. The highest BCUT2D eigenvalue weighted by Gasteiger charge is 2.35. The van der Waals surface area contributed by atoms with E-state index in [9.17, 15) is 18.0 Å². The zero-order chi connectivity index (χ0) is 26.2. The zero-order valence-electron chi connectivity index (χ0n) is 20.0. The molecule has 1 atom stereocenters. The third-order valence-corrected chi connectivity index (χ3v) is 11.5. The number of benzene rings is 1. The highest BCUT2D eigenvalue weighted by Crippen LogP contribution is 2.38. The van der Waals surface area contributed by atoms with Crippen LogP contribution in [0.1, 0.15) is 39.2 Å². The van der Waals surface area contributed by atoms with Crippen molar-refractivity contribution < 1.29 is 18.0 Å². The lowest BCUT2D eigenvalue weighted by Gasteiger charge is -2.30. The van der Waals surface area contributed by atoms with Gasteiger partial charge in [0.1, 0.15) is 9.21 Å². The molecule has 0 bridgehead atoms. The molecule has 2 aromatic heterocycles. The first-order chi connectivity index (χ1) is 17.7. The normalized spacial score (nSPS) is 18.9. The summed E-state index contributed by atoms with van der Waals surface area (Å²) in [6.45, 7) is 2.68. The van der Waals surface area contributed by atoms with Crippen LogP contribution in [-0.4, -0.2) is 49.1 Å². The van der Waals surface area contributed by atoms with Gasteiger partial charge in [0, 0.05) is 37.6 Å². The molecule has 5 rings (SSSR count). The monoisotopic (exact) mass is 578 g/mol. The van der Waals surface area contributed by atoms with Crippen LogP contribution in [0, 0.1) is 5.92 Å². The maximum absolute atomic E-state index is 13.3. The van der Waals surface area contributed by atoms with E-state index in [0.29, 0.717) is 47.3 Å². The molecule has 196 valence electrons. The van der Waals surface area contributed by atoms with E-state index in [0.717, 1.165) is 34.9 Å². The first-order valence-electron chi connectivity index (χ1n) is 12.0. The van der Waals surface area contributed by atoms with Crippen molar-refractivity contribution in [2.75, 3.05) is 25.0 Å². The van der Waals surface area contributed by atoms with Crippen LogP contribution in [-0.2, 0) is 34.3 Å². The Hall–Kier alpha value is -2.28. The second-order valence-electron chi connectivity index (χ2n) is 9.27. The van der Waals surface area contributed by atoms with Crippen LogP contribution >= 0.6 is 34.3 Å². The van der Waals surface area contributed by atoms with Crippen LogP contribution in [0.15, 0.2) is 46.7 Å². The number of carbonyl (C=O) groups is 2. The molecule has 2 aliphatic rings. The minimum Gasteiger partial charge on any atom is -0.365 e. The summed E-state index contributed by atoms with van der Waals surface area (Å²) in [5, 5.41) is 3.37. The van der Waals surface area contributed by atoms with Gasteiger partial charge < -0.3 is 11.1 Å². The van der Waals surface area contributed by atoms with E-state index in [-0.39, 0.29) is 16.7 Å². The molecular weight excluding hydrogens is 552 g/mol. The summed E-state index contributed by atoms with van der Waals surface area (Å²) in [7, 11) is -3.73. The van der Waals surface area contributed by atoms with E-state index in [1.165, 1.54) is 27.3 Å². The fraction of sp³-hybridized carbons (Fsp3) is 0.360. The Morgan fingerprint density at radius 1 is 1.11 bits per heavy atom. The summed E-state index contributed by atoms with van der Waals surface area (Å²) in [6, 6.07) is 13.2. The van der Waals surface area contributed by atoms with E-state index in [2.05, 4.69) is 22.3 Å². The van der Waals surface area contributed by atoms with E-state index in [1.807, 2.05) is 18.2 Å². The summed E-state index contributed by atoms with van der Waals surface area (Å²) >= 11 is 8.33. The number of piperidine rings is 1. The van der Waals surface area contributed by atoms with Gasteiger partial charge >= 0.3 is 0 Å². The third kappa shape index (κ3) is 5.62. The average Bonchev–Trinajstić information content (AvgIpc) is 3.48. The Labute approximate surface area is 229 Å². The maximum Gasteiger partial charge on any atom is 0.252 e. The summed E-state index contributed by atoms with van der Waals surface area (Å²) in [5.74, 6) is -1.40. The van der Waals surface area contributed by atoms with Crippen LogP contribution in [0.2, 0.25) is 4.34 Å². The fourth-order valence-electron chi connectivity index (χ4n) is 4.93. The van der Waals surface area contributed by atoms with Crippen LogP contribution in [0.5, 0.6) is 0 Å². The average molecular weight is 579 g/mol. The highest BCUT2D eigenvalue weighted by molar-refractivity contribution is 7.91. The summed E-state index contributed by atoms with van der Waals surface area (Å²) in [6.07, 6.45) is 1.80. The van der Waals surface area contributed by atoms with Crippen molar-refractivity contribution in [2.45, 2.75) is 36.6 Å². The fourth-order valence-corrected chi connectivity index (χ4v) is 9.39. The Bertz CT molecular complexity index is 1420. The summed E-state index contributed by atoms with van der Waals surface area (Å²) in [4.78, 5) is 29.0. The van der Waals surface area contributed by atoms with Crippen molar-refractivity contribution in [3.05, 3.63) is 68.4 Å². The molecule has 2 aliphatic heterocycles. The number of hydrogen-bond donors (Lipinski definition) is 2. The van der Waals surface area contributed by atoms with Gasteiger partial charge in [-0.15, -0.1) is 22.7 Å². The van der Waals surface area contributed by atoms with Gasteiger partial charge in [-0.2, -0.15) is 4.31 Å².